The molecule has 0 unspecified atom stereocenters. The summed E-state index contributed by atoms with van der Waals surface area (Å²) in [5.74, 6) is -1.10. The second kappa shape index (κ2) is 8.47. The summed E-state index contributed by atoms with van der Waals surface area (Å²) < 4.78 is 45.5. The van der Waals surface area contributed by atoms with Gasteiger partial charge in [-0.05, 0) is 49.5 Å². The molecule has 2 N–H and O–H groups in total. The predicted octanol–water partition coefficient (Wildman–Crippen LogP) is 2.15. The molecule has 0 saturated carbocycles. The summed E-state index contributed by atoms with van der Waals surface area (Å²) in [7, 11) is -1.00. The van der Waals surface area contributed by atoms with Crippen LogP contribution < -0.4 is 20.3 Å². The van der Waals surface area contributed by atoms with Gasteiger partial charge in [-0.2, -0.15) is 0 Å². The summed E-state index contributed by atoms with van der Waals surface area (Å²) >= 11 is 0. The second-order valence-electron chi connectivity index (χ2n) is 6.13. The van der Waals surface area contributed by atoms with Crippen LogP contribution in [0.3, 0.4) is 0 Å². The predicted molar refractivity (Wildman–Crippen MR) is 109 cm³/mol. The molecule has 0 spiro atoms. The highest BCUT2D eigenvalue weighted by molar-refractivity contribution is 7.89. The number of hydrogen-bond donors (Lipinski definition) is 2. The van der Waals surface area contributed by atoms with Crippen molar-refractivity contribution in [1.82, 2.24) is 9.29 Å². The summed E-state index contributed by atoms with van der Waals surface area (Å²) in [5, 5.41) is 2.61. The van der Waals surface area contributed by atoms with Gasteiger partial charge in [0.25, 0.3) is 11.5 Å². The van der Waals surface area contributed by atoms with Crippen molar-refractivity contribution in [3.05, 3.63) is 82.5 Å². The largest absolute Gasteiger partial charge is 0.494 e. The van der Waals surface area contributed by atoms with Crippen LogP contribution in [-0.4, -0.2) is 33.0 Å². The first kappa shape index (κ1) is 21.2. The number of ether oxygens (including phenoxy) is 1. The number of carbonyl (C=O) groups is 1. The molecule has 0 fully saturated rings. The fourth-order valence-corrected chi connectivity index (χ4v) is 3.40. The van der Waals surface area contributed by atoms with E-state index >= 15 is 0 Å². The molecule has 1 aromatic heterocycles. The Morgan fingerprint density at radius 3 is 2.40 bits per heavy atom. The molecule has 2 aromatic carbocycles. The fraction of sp³-hybridized carbons (Fsp3) is 0.100. The molecule has 0 aliphatic carbocycles. The number of sulfonamides is 1. The quantitative estimate of drug-likeness (QED) is 0.622. The lowest BCUT2D eigenvalue weighted by atomic mass is 10.2. The Hall–Kier alpha value is -3.50. The van der Waals surface area contributed by atoms with Gasteiger partial charge in [0, 0.05) is 29.7 Å². The molecule has 1 heterocycles. The maximum Gasteiger partial charge on any atom is 0.257 e. The zero-order valence-electron chi connectivity index (χ0n) is 16.0. The Balaban J connectivity index is 1.90. The van der Waals surface area contributed by atoms with Gasteiger partial charge >= 0.3 is 0 Å². The third kappa shape index (κ3) is 4.39. The number of rotatable bonds is 6. The van der Waals surface area contributed by atoms with Crippen LogP contribution in [0, 0.1) is 5.82 Å². The maximum absolute atomic E-state index is 13.5. The number of pyridine rings is 1. The molecule has 1 amide bonds. The van der Waals surface area contributed by atoms with Crippen molar-refractivity contribution in [2.24, 2.45) is 0 Å². The summed E-state index contributed by atoms with van der Waals surface area (Å²) in [4.78, 5) is 24.9. The third-order valence-electron chi connectivity index (χ3n) is 4.28. The summed E-state index contributed by atoms with van der Waals surface area (Å²) in [6, 6.07) is 12.1. The van der Waals surface area contributed by atoms with Gasteiger partial charge in [0.15, 0.2) is 11.6 Å². The van der Waals surface area contributed by atoms with Crippen molar-refractivity contribution >= 4 is 21.6 Å². The Labute approximate surface area is 172 Å². The van der Waals surface area contributed by atoms with Gasteiger partial charge in [-0.1, -0.05) is 0 Å². The minimum absolute atomic E-state index is 0.0191. The van der Waals surface area contributed by atoms with Crippen LogP contribution >= 0.6 is 0 Å². The first-order valence-corrected chi connectivity index (χ1v) is 10.1. The van der Waals surface area contributed by atoms with Gasteiger partial charge in [0.2, 0.25) is 10.0 Å². The van der Waals surface area contributed by atoms with E-state index in [0.717, 1.165) is 6.07 Å². The number of aromatic nitrogens is 1. The first-order chi connectivity index (χ1) is 14.2. The molecular weight excluding hydrogens is 413 g/mol. The van der Waals surface area contributed by atoms with Gasteiger partial charge in [0.1, 0.15) is 0 Å². The lowest BCUT2D eigenvalue weighted by Gasteiger charge is -2.11. The maximum atomic E-state index is 13.5. The monoisotopic (exact) mass is 431 g/mol. The molecule has 0 aliphatic heterocycles. The summed E-state index contributed by atoms with van der Waals surface area (Å²) in [6.45, 7) is 0. The number of anilines is 1. The molecule has 10 heteroatoms. The Kier molecular flexibility index (Phi) is 5.99. The Morgan fingerprint density at radius 1 is 1.07 bits per heavy atom. The van der Waals surface area contributed by atoms with Crippen LogP contribution in [0.4, 0.5) is 10.1 Å². The number of halogens is 1. The highest BCUT2D eigenvalue weighted by atomic mass is 32.2. The van der Waals surface area contributed by atoms with Crippen LogP contribution in [0.5, 0.6) is 5.75 Å². The number of amides is 1. The van der Waals surface area contributed by atoms with Crippen molar-refractivity contribution in [3.63, 3.8) is 0 Å². The van der Waals surface area contributed by atoms with E-state index in [1.54, 1.807) is 0 Å². The van der Waals surface area contributed by atoms with Gasteiger partial charge < -0.3 is 10.1 Å². The number of carbonyl (C=O) groups excluding carboxylic acids is 1. The van der Waals surface area contributed by atoms with Crippen LogP contribution in [0.25, 0.3) is 5.69 Å². The third-order valence-corrected chi connectivity index (χ3v) is 5.71. The molecule has 3 aromatic rings. The normalized spacial score (nSPS) is 11.2. The number of methoxy groups -OCH3 is 1. The molecule has 30 heavy (non-hydrogen) atoms. The lowest BCUT2D eigenvalue weighted by Crippen LogP contribution is -2.21. The molecular formula is C20H18FN3O5S. The van der Waals surface area contributed by atoms with Crippen LogP contribution in [-0.2, 0) is 10.0 Å². The molecule has 0 radical (unpaired) electrons. The van der Waals surface area contributed by atoms with Crippen molar-refractivity contribution in [2.75, 3.05) is 19.5 Å². The molecule has 0 saturated heterocycles. The molecule has 3 rings (SSSR count). The van der Waals surface area contributed by atoms with Crippen LogP contribution in [0.2, 0.25) is 0 Å². The van der Waals surface area contributed by atoms with E-state index in [4.69, 9.17) is 4.74 Å². The SMILES string of the molecule is CNS(=O)(=O)c1ccc(-n2cc(C(=O)Nc3ccc(F)c(OC)c3)ccc2=O)cc1. The number of nitrogens with zero attached hydrogens (tertiary/aromatic N) is 1. The van der Waals surface area contributed by atoms with E-state index < -0.39 is 27.3 Å². The van der Waals surface area contributed by atoms with E-state index in [1.165, 1.54) is 73.5 Å². The minimum atomic E-state index is -3.61. The number of benzene rings is 2. The van der Waals surface area contributed by atoms with Crippen molar-refractivity contribution in [3.8, 4) is 11.4 Å². The van der Waals surface area contributed by atoms with E-state index in [9.17, 15) is 22.4 Å². The van der Waals surface area contributed by atoms with E-state index in [0.29, 0.717) is 11.4 Å². The fourth-order valence-electron chi connectivity index (χ4n) is 2.67. The van der Waals surface area contributed by atoms with Gasteiger partial charge in [0.05, 0.1) is 17.6 Å². The van der Waals surface area contributed by atoms with Crippen molar-refractivity contribution in [2.45, 2.75) is 4.90 Å². The van der Waals surface area contributed by atoms with Gasteiger partial charge in [-0.15, -0.1) is 0 Å². The smallest absolute Gasteiger partial charge is 0.257 e. The molecule has 156 valence electrons. The van der Waals surface area contributed by atoms with E-state index in [-0.39, 0.29) is 16.2 Å². The summed E-state index contributed by atoms with van der Waals surface area (Å²) in [6.07, 6.45) is 1.33. The Bertz CT molecular complexity index is 1250. The highest BCUT2D eigenvalue weighted by Gasteiger charge is 2.13. The highest BCUT2D eigenvalue weighted by Crippen LogP contribution is 2.22. The molecule has 0 aliphatic rings. The molecule has 8 nitrogen and oxygen atoms in total. The minimum Gasteiger partial charge on any atom is -0.494 e. The zero-order valence-corrected chi connectivity index (χ0v) is 16.9. The average Bonchev–Trinajstić information content (AvgIpc) is 2.75. The molecule has 0 atom stereocenters. The van der Waals surface area contributed by atoms with E-state index in [2.05, 4.69) is 10.0 Å². The van der Waals surface area contributed by atoms with Crippen molar-refractivity contribution in [1.29, 1.82) is 0 Å². The average molecular weight is 431 g/mol. The van der Waals surface area contributed by atoms with Crippen LogP contribution in [0.15, 0.2) is 70.5 Å². The molecule has 0 bridgehead atoms. The summed E-state index contributed by atoms with van der Waals surface area (Å²) in [5.41, 5.74) is 0.467. The lowest BCUT2D eigenvalue weighted by molar-refractivity contribution is 0.102. The first-order valence-electron chi connectivity index (χ1n) is 8.67. The second-order valence-corrected chi connectivity index (χ2v) is 8.02. The Morgan fingerprint density at radius 2 is 1.77 bits per heavy atom. The van der Waals surface area contributed by atoms with Crippen LogP contribution in [0.1, 0.15) is 10.4 Å². The number of hydrogen-bond acceptors (Lipinski definition) is 5. The standard InChI is InChI=1S/C20H18FN3O5S/c1-22-30(27,28)16-7-5-15(6-8-16)24-12-13(3-10-19(24)25)20(26)23-14-4-9-17(21)18(11-14)29-2/h3-12,22H,1-2H3,(H,23,26). The zero-order chi connectivity index (χ0) is 21.9. The van der Waals surface area contributed by atoms with Gasteiger partial charge in [-0.3, -0.25) is 14.2 Å². The van der Waals surface area contributed by atoms with E-state index in [1.807, 2.05) is 0 Å². The number of nitrogens with one attached hydrogen (secondary N) is 2. The topological polar surface area (TPSA) is 106 Å². The van der Waals surface area contributed by atoms with Gasteiger partial charge in [-0.25, -0.2) is 17.5 Å². The van der Waals surface area contributed by atoms with Crippen molar-refractivity contribution < 1.29 is 22.3 Å².